The number of piperidine rings is 1. The van der Waals surface area contributed by atoms with Crippen molar-refractivity contribution >= 4 is 10.2 Å². The molecule has 0 amide bonds. The number of hydrogen-bond acceptors (Lipinski definition) is 3. The highest BCUT2D eigenvalue weighted by Gasteiger charge is 2.40. The van der Waals surface area contributed by atoms with Crippen LogP contribution in [0.4, 0.5) is 0 Å². The molecule has 1 aliphatic carbocycles. The van der Waals surface area contributed by atoms with Crippen molar-refractivity contribution < 1.29 is 8.42 Å². The summed E-state index contributed by atoms with van der Waals surface area (Å²) in [5, 5.41) is 3.44. The van der Waals surface area contributed by atoms with Crippen LogP contribution in [0.3, 0.4) is 0 Å². The Morgan fingerprint density at radius 3 is 2.48 bits per heavy atom. The second-order valence-electron chi connectivity index (χ2n) is 6.14. The van der Waals surface area contributed by atoms with Crippen LogP contribution in [0.5, 0.6) is 0 Å². The highest BCUT2D eigenvalue weighted by Crippen LogP contribution is 2.31. The lowest BCUT2D eigenvalue weighted by molar-refractivity contribution is 0.250. The fraction of sp³-hybridized carbons (Fsp3) is 0.867. The first-order chi connectivity index (χ1) is 10.1. The topological polar surface area (TPSA) is 52.7 Å². The van der Waals surface area contributed by atoms with E-state index in [0.717, 1.165) is 45.2 Å². The Bertz CT molecular complexity index is 426. The van der Waals surface area contributed by atoms with E-state index < -0.39 is 10.2 Å². The Morgan fingerprint density at radius 1 is 1.29 bits per heavy atom. The van der Waals surface area contributed by atoms with Gasteiger partial charge in [-0.3, -0.25) is 0 Å². The second-order valence-corrected chi connectivity index (χ2v) is 8.02. The van der Waals surface area contributed by atoms with Crippen molar-refractivity contribution in [3.8, 4) is 0 Å². The van der Waals surface area contributed by atoms with Crippen LogP contribution in [0.25, 0.3) is 0 Å². The van der Waals surface area contributed by atoms with Crippen molar-refractivity contribution in [2.45, 2.75) is 45.1 Å². The molecule has 1 saturated heterocycles. The van der Waals surface area contributed by atoms with Gasteiger partial charge in [0, 0.05) is 25.7 Å². The van der Waals surface area contributed by atoms with Gasteiger partial charge in [0.25, 0.3) is 10.2 Å². The van der Waals surface area contributed by atoms with Gasteiger partial charge in [-0.15, -0.1) is 6.58 Å². The summed E-state index contributed by atoms with van der Waals surface area (Å²) in [4.78, 5) is 0. The molecule has 21 heavy (non-hydrogen) atoms. The van der Waals surface area contributed by atoms with E-state index in [-0.39, 0.29) is 6.04 Å². The van der Waals surface area contributed by atoms with Gasteiger partial charge in [0.15, 0.2) is 0 Å². The molecule has 1 N–H and O–H groups in total. The maximum atomic E-state index is 12.7. The molecular formula is C15H29N3O2S. The third-order valence-corrected chi connectivity index (χ3v) is 6.38. The monoisotopic (exact) mass is 315 g/mol. The molecule has 122 valence electrons. The maximum Gasteiger partial charge on any atom is 0.282 e. The molecule has 0 aromatic carbocycles. The van der Waals surface area contributed by atoms with Crippen molar-refractivity contribution in [3.05, 3.63) is 12.7 Å². The van der Waals surface area contributed by atoms with Gasteiger partial charge in [0.05, 0.1) is 0 Å². The predicted octanol–water partition coefficient (Wildman–Crippen LogP) is 1.59. The molecule has 0 spiro atoms. The zero-order valence-corrected chi connectivity index (χ0v) is 13.9. The van der Waals surface area contributed by atoms with E-state index in [1.165, 1.54) is 0 Å². The SMILES string of the molecule is C=CCN(C1CC1)S(=O)(=O)N1CCC(CNCCC)CC1. The Morgan fingerprint density at radius 2 is 1.95 bits per heavy atom. The molecule has 0 aromatic rings. The van der Waals surface area contributed by atoms with Gasteiger partial charge in [-0.2, -0.15) is 17.0 Å². The summed E-state index contributed by atoms with van der Waals surface area (Å²) >= 11 is 0. The first-order valence-corrected chi connectivity index (χ1v) is 9.57. The van der Waals surface area contributed by atoms with Crippen molar-refractivity contribution in [3.63, 3.8) is 0 Å². The molecule has 2 fully saturated rings. The van der Waals surface area contributed by atoms with E-state index in [1.54, 1.807) is 14.7 Å². The molecule has 2 aliphatic rings. The normalized spacial score (nSPS) is 21.8. The van der Waals surface area contributed by atoms with Gasteiger partial charge in [0.1, 0.15) is 0 Å². The Labute approximate surface area is 129 Å². The summed E-state index contributed by atoms with van der Waals surface area (Å²) in [7, 11) is -3.30. The van der Waals surface area contributed by atoms with E-state index in [4.69, 9.17) is 0 Å². The summed E-state index contributed by atoms with van der Waals surface area (Å²) in [5.41, 5.74) is 0. The third-order valence-electron chi connectivity index (χ3n) is 4.32. The van der Waals surface area contributed by atoms with Gasteiger partial charge in [0.2, 0.25) is 0 Å². The first kappa shape index (κ1) is 16.9. The van der Waals surface area contributed by atoms with Crippen molar-refractivity contribution in [1.29, 1.82) is 0 Å². The predicted molar refractivity (Wildman–Crippen MR) is 86.3 cm³/mol. The van der Waals surface area contributed by atoms with Gasteiger partial charge in [-0.05, 0) is 51.1 Å². The molecular weight excluding hydrogens is 286 g/mol. The lowest BCUT2D eigenvalue weighted by Gasteiger charge is -2.34. The molecule has 0 unspecified atom stereocenters. The van der Waals surface area contributed by atoms with Gasteiger partial charge in [-0.1, -0.05) is 13.0 Å². The summed E-state index contributed by atoms with van der Waals surface area (Å²) in [6, 6.07) is 0.206. The van der Waals surface area contributed by atoms with Crippen LogP contribution in [0, 0.1) is 5.92 Å². The molecule has 5 nitrogen and oxygen atoms in total. The molecule has 1 heterocycles. The Balaban J connectivity index is 1.86. The molecule has 6 heteroatoms. The van der Waals surface area contributed by atoms with Crippen molar-refractivity contribution in [2.24, 2.45) is 5.92 Å². The Hall–Kier alpha value is -0.430. The molecule has 0 radical (unpaired) electrons. The van der Waals surface area contributed by atoms with Crippen LogP contribution in [0.15, 0.2) is 12.7 Å². The van der Waals surface area contributed by atoms with Gasteiger partial charge < -0.3 is 5.32 Å². The molecule has 0 atom stereocenters. The van der Waals surface area contributed by atoms with E-state index in [1.807, 2.05) is 0 Å². The summed E-state index contributed by atoms with van der Waals surface area (Å²) < 4.78 is 28.7. The third kappa shape index (κ3) is 4.52. The summed E-state index contributed by atoms with van der Waals surface area (Å²) in [6.07, 6.45) is 6.74. The number of hydrogen-bond donors (Lipinski definition) is 1. The van der Waals surface area contributed by atoms with Crippen LogP contribution in [0.2, 0.25) is 0 Å². The second kappa shape index (κ2) is 7.72. The van der Waals surface area contributed by atoms with E-state index in [9.17, 15) is 8.42 Å². The summed E-state index contributed by atoms with van der Waals surface area (Å²) in [6.45, 7) is 9.66. The largest absolute Gasteiger partial charge is 0.316 e. The summed E-state index contributed by atoms with van der Waals surface area (Å²) in [5.74, 6) is 0.608. The first-order valence-electron chi connectivity index (χ1n) is 8.18. The highest BCUT2D eigenvalue weighted by molar-refractivity contribution is 7.86. The van der Waals surface area contributed by atoms with Gasteiger partial charge in [-0.25, -0.2) is 0 Å². The average molecular weight is 315 g/mol. The van der Waals surface area contributed by atoms with Crippen LogP contribution in [-0.4, -0.2) is 55.8 Å². The van der Waals surface area contributed by atoms with Gasteiger partial charge >= 0.3 is 0 Å². The molecule has 0 bridgehead atoms. The minimum atomic E-state index is -3.30. The smallest absolute Gasteiger partial charge is 0.282 e. The minimum Gasteiger partial charge on any atom is -0.316 e. The fourth-order valence-electron chi connectivity index (χ4n) is 2.90. The number of rotatable bonds is 9. The zero-order valence-electron chi connectivity index (χ0n) is 13.1. The van der Waals surface area contributed by atoms with E-state index >= 15 is 0 Å². The van der Waals surface area contributed by atoms with E-state index in [0.29, 0.717) is 25.6 Å². The quantitative estimate of drug-likeness (QED) is 0.519. The molecule has 1 saturated carbocycles. The molecule has 1 aliphatic heterocycles. The standard InChI is InChI=1S/C15H29N3O2S/c1-3-9-16-13-14-7-11-17(12-8-14)21(19,20)18(10-4-2)15-5-6-15/h4,14-16H,2-3,5-13H2,1H3. The zero-order chi connectivity index (χ0) is 15.3. The fourth-order valence-corrected chi connectivity index (χ4v) is 4.75. The number of nitrogens with one attached hydrogen (secondary N) is 1. The molecule has 2 rings (SSSR count). The lowest BCUT2D eigenvalue weighted by atomic mass is 9.98. The Kier molecular flexibility index (Phi) is 6.22. The van der Waals surface area contributed by atoms with Crippen LogP contribution in [0.1, 0.15) is 39.0 Å². The highest BCUT2D eigenvalue weighted by atomic mass is 32.2. The van der Waals surface area contributed by atoms with E-state index in [2.05, 4.69) is 18.8 Å². The maximum absolute atomic E-state index is 12.7. The van der Waals surface area contributed by atoms with Crippen LogP contribution >= 0.6 is 0 Å². The van der Waals surface area contributed by atoms with Crippen LogP contribution < -0.4 is 5.32 Å². The minimum absolute atomic E-state index is 0.206. The lowest BCUT2D eigenvalue weighted by Crippen LogP contribution is -2.48. The van der Waals surface area contributed by atoms with Crippen molar-refractivity contribution in [2.75, 3.05) is 32.7 Å². The average Bonchev–Trinajstić information content (AvgIpc) is 3.30. The van der Waals surface area contributed by atoms with Crippen LogP contribution in [-0.2, 0) is 10.2 Å². The number of nitrogens with zero attached hydrogens (tertiary/aromatic N) is 2. The van der Waals surface area contributed by atoms with Crippen molar-refractivity contribution in [1.82, 2.24) is 13.9 Å². The molecule has 0 aromatic heterocycles.